The molecule has 122 valence electrons. The van der Waals surface area contributed by atoms with E-state index in [4.69, 9.17) is 10.5 Å². The Morgan fingerprint density at radius 3 is 2.91 bits per heavy atom. The third-order valence-corrected chi connectivity index (χ3v) is 4.15. The van der Waals surface area contributed by atoms with E-state index in [2.05, 4.69) is 20.9 Å². The van der Waals surface area contributed by atoms with Gasteiger partial charge in [-0.2, -0.15) is 0 Å². The first-order chi connectivity index (χ1) is 10.2. The third kappa shape index (κ3) is 4.95. The van der Waals surface area contributed by atoms with Crippen LogP contribution in [0.3, 0.4) is 0 Å². The van der Waals surface area contributed by atoms with E-state index in [1.807, 2.05) is 33.0 Å². The molecule has 0 spiro atoms. The molecule has 2 N–H and O–H groups in total. The molecule has 1 aliphatic rings. The molecule has 2 atom stereocenters. The third-order valence-electron chi connectivity index (χ3n) is 3.71. The van der Waals surface area contributed by atoms with E-state index < -0.39 is 5.60 Å². The van der Waals surface area contributed by atoms with Gasteiger partial charge in [-0.3, -0.25) is 4.98 Å². The summed E-state index contributed by atoms with van der Waals surface area (Å²) in [6.07, 6.45) is 5.03. The van der Waals surface area contributed by atoms with Crippen LogP contribution in [0.5, 0.6) is 0 Å². The summed E-state index contributed by atoms with van der Waals surface area (Å²) in [4.78, 5) is 18.0. The number of likely N-dealkylation sites (tertiary alicyclic amines) is 1. The molecule has 2 unspecified atom stereocenters. The smallest absolute Gasteiger partial charge is 0.410 e. The van der Waals surface area contributed by atoms with Gasteiger partial charge >= 0.3 is 6.09 Å². The number of nitrogens with zero attached hydrogens (tertiary/aromatic N) is 2. The van der Waals surface area contributed by atoms with Gasteiger partial charge in [0.05, 0.1) is 0 Å². The number of ether oxygens (including phenoxy) is 1. The second-order valence-corrected chi connectivity index (χ2v) is 7.77. The summed E-state index contributed by atoms with van der Waals surface area (Å²) in [5, 5.41) is 0. The zero-order valence-corrected chi connectivity index (χ0v) is 15.0. The number of hydrogen-bond donors (Lipinski definition) is 1. The molecule has 6 heteroatoms. The number of nitrogens with two attached hydrogens (primary N) is 1. The Kier molecular flexibility index (Phi) is 5.45. The van der Waals surface area contributed by atoms with Crippen molar-refractivity contribution < 1.29 is 9.53 Å². The van der Waals surface area contributed by atoms with Crippen molar-refractivity contribution >= 4 is 22.0 Å². The largest absolute Gasteiger partial charge is 0.444 e. The van der Waals surface area contributed by atoms with E-state index in [9.17, 15) is 4.79 Å². The van der Waals surface area contributed by atoms with Crippen molar-refractivity contribution in [3.05, 3.63) is 28.5 Å². The van der Waals surface area contributed by atoms with Gasteiger partial charge in [-0.15, -0.1) is 0 Å². The summed E-state index contributed by atoms with van der Waals surface area (Å²) in [6.45, 7) is 7.01. The van der Waals surface area contributed by atoms with Gasteiger partial charge < -0.3 is 15.4 Å². The van der Waals surface area contributed by atoms with Gasteiger partial charge in [-0.05, 0) is 67.1 Å². The second-order valence-electron chi connectivity index (χ2n) is 6.85. The normalized spacial score (nSPS) is 20.0. The van der Waals surface area contributed by atoms with Crippen LogP contribution in [0.2, 0.25) is 0 Å². The lowest BCUT2D eigenvalue weighted by Crippen LogP contribution is -2.38. The molecule has 2 heterocycles. The monoisotopic (exact) mass is 369 g/mol. The lowest BCUT2D eigenvalue weighted by molar-refractivity contribution is 0.0286. The van der Waals surface area contributed by atoms with Gasteiger partial charge in [0.2, 0.25) is 0 Å². The van der Waals surface area contributed by atoms with Gasteiger partial charge in [-0.25, -0.2) is 4.79 Å². The standard InChI is InChI=1S/C16H24BrN3O2/c1-16(2,3)22-15(21)20-5-4-12(10-20)14(18)7-11-6-13(17)9-19-8-11/h6,8-9,12,14H,4-5,7,10,18H2,1-3H3. The van der Waals surface area contributed by atoms with E-state index in [0.717, 1.165) is 22.9 Å². The van der Waals surface area contributed by atoms with Crippen molar-refractivity contribution in [3.8, 4) is 0 Å². The zero-order valence-electron chi connectivity index (χ0n) is 13.4. The molecule has 1 saturated heterocycles. The summed E-state index contributed by atoms with van der Waals surface area (Å²) >= 11 is 3.42. The van der Waals surface area contributed by atoms with Crippen molar-refractivity contribution in [2.24, 2.45) is 11.7 Å². The molecule has 1 amide bonds. The Labute approximate surface area is 140 Å². The summed E-state index contributed by atoms with van der Waals surface area (Å²) in [7, 11) is 0. The van der Waals surface area contributed by atoms with Crippen molar-refractivity contribution in [2.75, 3.05) is 13.1 Å². The van der Waals surface area contributed by atoms with Gasteiger partial charge in [0.25, 0.3) is 0 Å². The minimum Gasteiger partial charge on any atom is -0.444 e. The van der Waals surface area contributed by atoms with Crippen molar-refractivity contribution in [1.29, 1.82) is 0 Å². The fourth-order valence-electron chi connectivity index (χ4n) is 2.64. The topological polar surface area (TPSA) is 68.5 Å². The predicted octanol–water partition coefficient (Wildman–Crippen LogP) is 2.97. The summed E-state index contributed by atoms with van der Waals surface area (Å²) in [6, 6.07) is 2.05. The number of rotatable bonds is 3. The number of pyridine rings is 1. The first kappa shape index (κ1) is 17.2. The van der Waals surface area contributed by atoms with Gasteiger partial charge in [-0.1, -0.05) is 0 Å². The summed E-state index contributed by atoms with van der Waals surface area (Å²) in [5.74, 6) is 0.298. The summed E-state index contributed by atoms with van der Waals surface area (Å²) < 4.78 is 6.37. The highest BCUT2D eigenvalue weighted by atomic mass is 79.9. The number of amides is 1. The Balaban J connectivity index is 1.88. The molecule has 2 rings (SSSR count). The SMILES string of the molecule is CC(C)(C)OC(=O)N1CCC(C(N)Cc2cncc(Br)c2)C1. The molecule has 1 aromatic heterocycles. The second kappa shape index (κ2) is 6.96. The first-order valence-electron chi connectivity index (χ1n) is 7.57. The number of carbonyl (C=O) groups is 1. The highest BCUT2D eigenvalue weighted by Gasteiger charge is 2.32. The maximum Gasteiger partial charge on any atom is 0.410 e. The summed E-state index contributed by atoms with van der Waals surface area (Å²) in [5.41, 5.74) is 6.98. The lowest BCUT2D eigenvalue weighted by atomic mass is 9.94. The average molecular weight is 370 g/mol. The van der Waals surface area contributed by atoms with Crippen LogP contribution in [-0.2, 0) is 11.2 Å². The fraction of sp³-hybridized carbons (Fsp3) is 0.625. The fourth-order valence-corrected chi connectivity index (χ4v) is 3.05. The van der Waals surface area contributed by atoms with Crippen LogP contribution in [0.15, 0.2) is 22.9 Å². The Hall–Kier alpha value is -1.14. The number of carbonyl (C=O) groups excluding carboxylic acids is 1. The van der Waals surface area contributed by atoms with Gasteiger partial charge in [0, 0.05) is 36.0 Å². The Bertz CT molecular complexity index is 530. The van der Waals surface area contributed by atoms with E-state index in [-0.39, 0.29) is 12.1 Å². The molecule has 1 aliphatic heterocycles. The molecule has 1 fully saturated rings. The van der Waals surface area contributed by atoms with Crippen LogP contribution in [0.4, 0.5) is 4.79 Å². The molecule has 5 nitrogen and oxygen atoms in total. The molecular weight excluding hydrogens is 346 g/mol. The molecule has 0 radical (unpaired) electrons. The molecule has 0 aromatic carbocycles. The minimum atomic E-state index is -0.459. The number of aromatic nitrogens is 1. The first-order valence-corrected chi connectivity index (χ1v) is 8.37. The predicted molar refractivity (Wildman–Crippen MR) is 89.5 cm³/mol. The Morgan fingerprint density at radius 2 is 2.27 bits per heavy atom. The molecule has 0 bridgehead atoms. The van der Waals surface area contributed by atoms with Crippen molar-refractivity contribution in [2.45, 2.75) is 45.3 Å². The van der Waals surface area contributed by atoms with Crippen LogP contribution < -0.4 is 5.73 Å². The lowest BCUT2D eigenvalue weighted by Gasteiger charge is -2.25. The van der Waals surface area contributed by atoms with Crippen LogP contribution in [0, 0.1) is 5.92 Å². The van der Waals surface area contributed by atoms with E-state index in [1.165, 1.54) is 0 Å². The molecular formula is C16H24BrN3O2. The molecule has 0 saturated carbocycles. The van der Waals surface area contributed by atoms with E-state index in [0.29, 0.717) is 19.0 Å². The molecule has 1 aromatic rings. The average Bonchev–Trinajstić information content (AvgIpc) is 2.86. The quantitative estimate of drug-likeness (QED) is 0.888. The van der Waals surface area contributed by atoms with Crippen molar-refractivity contribution in [1.82, 2.24) is 9.88 Å². The maximum atomic E-state index is 12.1. The van der Waals surface area contributed by atoms with Crippen LogP contribution >= 0.6 is 15.9 Å². The van der Waals surface area contributed by atoms with Crippen molar-refractivity contribution in [3.63, 3.8) is 0 Å². The van der Waals surface area contributed by atoms with E-state index >= 15 is 0 Å². The highest BCUT2D eigenvalue weighted by molar-refractivity contribution is 9.10. The van der Waals surface area contributed by atoms with E-state index in [1.54, 1.807) is 11.1 Å². The van der Waals surface area contributed by atoms with Gasteiger partial charge in [0.15, 0.2) is 0 Å². The van der Waals surface area contributed by atoms with Crippen LogP contribution in [0.1, 0.15) is 32.8 Å². The van der Waals surface area contributed by atoms with Crippen LogP contribution in [-0.4, -0.2) is 40.7 Å². The maximum absolute atomic E-state index is 12.1. The number of hydrogen-bond acceptors (Lipinski definition) is 4. The number of halogens is 1. The van der Waals surface area contributed by atoms with Crippen LogP contribution in [0.25, 0.3) is 0 Å². The minimum absolute atomic E-state index is 0.0172. The molecule has 22 heavy (non-hydrogen) atoms. The van der Waals surface area contributed by atoms with Gasteiger partial charge in [0.1, 0.15) is 5.60 Å². The molecule has 0 aliphatic carbocycles. The highest BCUT2D eigenvalue weighted by Crippen LogP contribution is 2.23. The zero-order chi connectivity index (χ0) is 16.3. The Morgan fingerprint density at radius 1 is 1.55 bits per heavy atom.